The van der Waals surface area contributed by atoms with Gasteiger partial charge in [-0.05, 0) is 38.5 Å². The highest BCUT2D eigenvalue weighted by atomic mass is 16.5. The molecule has 1 aromatic carbocycles. The van der Waals surface area contributed by atoms with Crippen molar-refractivity contribution in [2.75, 3.05) is 27.4 Å². The number of aryl methyl sites for hydroxylation is 1. The first kappa shape index (κ1) is 22.7. The highest BCUT2D eigenvalue weighted by Crippen LogP contribution is 2.22. The minimum atomic E-state index is -0.778. The lowest BCUT2D eigenvalue weighted by Gasteiger charge is -2.09. The number of hydrogen-bond acceptors (Lipinski definition) is 7. The van der Waals surface area contributed by atoms with Crippen LogP contribution in [-0.4, -0.2) is 55.8 Å². The minimum absolute atomic E-state index is 0.158. The highest BCUT2D eigenvalue weighted by Gasteiger charge is 2.21. The monoisotopic (exact) mass is 416 g/mol. The number of benzene rings is 1. The van der Waals surface area contributed by atoms with Crippen LogP contribution >= 0.6 is 0 Å². The summed E-state index contributed by atoms with van der Waals surface area (Å²) in [7, 11) is 2.91. The number of hydrogen-bond donors (Lipinski definition) is 2. The fraction of sp³-hybridized carbons (Fsp3) is 0.333. The number of rotatable bonds is 9. The molecule has 0 aliphatic rings. The molecule has 0 saturated carbocycles. The first-order chi connectivity index (χ1) is 14.2. The van der Waals surface area contributed by atoms with Gasteiger partial charge in [-0.15, -0.1) is 0 Å². The van der Waals surface area contributed by atoms with Crippen LogP contribution in [0.15, 0.2) is 18.2 Å². The molecule has 0 fully saturated rings. The lowest BCUT2D eigenvalue weighted by Crippen LogP contribution is -2.31. The molecule has 160 valence electrons. The van der Waals surface area contributed by atoms with Crippen LogP contribution < -0.4 is 14.8 Å². The minimum Gasteiger partial charge on any atom is -0.497 e. The van der Waals surface area contributed by atoms with Gasteiger partial charge in [0.05, 0.1) is 19.9 Å². The summed E-state index contributed by atoms with van der Waals surface area (Å²) < 4.78 is 15.1. The Morgan fingerprint density at radius 2 is 1.60 bits per heavy atom. The van der Waals surface area contributed by atoms with Crippen LogP contribution in [-0.2, 0) is 9.53 Å². The molecule has 30 heavy (non-hydrogen) atoms. The molecule has 0 aliphatic carbocycles. The number of nitrogens with one attached hydrogen (secondary N) is 2. The molecule has 0 unspecified atom stereocenters. The molecular formula is C21H24N2O7. The van der Waals surface area contributed by atoms with Crippen LogP contribution in [0.4, 0.5) is 0 Å². The molecule has 0 radical (unpaired) electrons. The number of carbonyl (C=O) groups is 4. The van der Waals surface area contributed by atoms with Gasteiger partial charge in [-0.3, -0.25) is 19.2 Å². The lowest BCUT2D eigenvalue weighted by molar-refractivity contribution is -0.141. The second-order valence-corrected chi connectivity index (χ2v) is 6.55. The number of amides is 1. The van der Waals surface area contributed by atoms with E-state index in [2.05, 4.69) is 10.3 Å². The fourth-order valence-corrected chi connectivity index (χ4v) is 3.02. The standard InChI is InChI=1S/C21H24N2O7/c1-11-19(13(3)24)12(2)23-20(11)17(25)10-30-18(26)9-22-21(27)14-6-15(28-4)8-16(7-14)29-5/h6-8,23H,9-10H2,1-5H3,(H,22,27). The molecule has 0 atom stereocenters. The zero-order chi connectivity index (χ0) is 22.4. The zero-order valence-electron chi connectivity index (χ0n) is 17.5. The first-order valence-electron chi connectivity index (χ1n) is 9.08. The highest BCUT2D eigenvalue weighted by molar-refractivity contribution is 6.04. The second-order valence-electron chi connectivity index (χ2n) is 6.55. The molecule has 1 aromatic heterocycles. The molecule has 1 heterocycles. The summed E-state index contributed by atoms with van der Waals surface area (Å²) in [4.78, 5) is 51.0. The van der Waals surface area contributed by atoms with E-state index in [4.69, 9.17) is 14.2 Å². The molecule has 0 bridgehead atoms. The van der Waals surface area contributed by atoms with Crippen molar-refractivity contribution in [2.45, 2.75) is 20.8 Å². The van der Waals surface area contributed by atoms with Gasteiger partial charge in [0.15, 0.2) is 12.4 Å². The molecule has 0 aliphatic heterocycles. The zero-order valence-corrected chi connectivity index (χ0v) is 17.5. The molecule has 2 rings (SSSR count). The summed E-state index contributed by atoms with van der Waals surface area (Å²) in [6.07, 6.45) is 0. The van der Waals surface area contributed by atoms with E-state index >= 15 is 0 Å². The summed E-state index contributed by atoms with van der Waals surface area (Å²) in [5.74, 6) is -1.09. The van der Waals surface area contributed by atoms with Gasteiger partial charge in [-0.1, -0.05) is 0 Å². The smallest absolute Gasteiger partial charge is 0.325 e. The molecule has 2 aromatic rings. The van der Waals surface area contributed by atoms with Gasteiger partial charge in [-0.2, -0.15) is 0 Å². The second kappa shape index (κ2) is 9.73. The third-order valence-electron chi connectivity index (χ3n) is 4.44. The number of ketones is 2. The summed E-state index contributed by atoms with van der Waals surface area (Å²) in [6, 6.07) is 4.60. The Bertz CT molecular complexity index is 969. The van der Waals surface area contributed by atoms with Crippen LogP contribution in [0, 0.1) is 13.8 Å². The Morgan fingerprint density at radius 1 is 1.00 bits per heavy atom. The number of H-pyrrole nitrogens is 1. The number of carbonyl (C=O) groups excluding carboxylic acids is 4. The summed E-state index contributed by atoms with van der Waals surface area (Å²) in [5, 5.41) is 2.42. The number of Topliss-reactive ketones (excluding diaryl/α,β-unsaturated/α-hetero) is 2. The van der Waals surface area contributed by atoms with Crippen LogP contribution in [0.25, 0.3) is 0 Å². The first-order valence-corrected chi connectivity index (χ1v) is 9.08. The van der Waals surface area contributed by atoms with E-state index in [1.807, 2.05) is 0 Å². The predicted molar refractivity (Wildman–Crippen MR) is 107 cm³/mol. The van der Waals surface area contributed by atoms with Crippen molar-refractivity contribution in [3.8, 4) is 11.5 Å². The van der Waals surface area contributed by atoms with Gasteiger partial charge in [-0.25, -0.2) is 0 Å². The van der Waals surface area contributed by atoms with E-state index < -0.39 is 30.8 Å². The van der Waals surface area contributed by atoms with Crippen molar-refractivity contribution >= 4 is 23.4 Å². The van der Waals surface area contributed by atoms with Gasteiger partial charge < -0.3 is 24.5 Å². The maximum Gasteiger partial charge on any atom is 0.325 e. The Labute approximate surface area is 173 Å². The third-order valence-corrected chi connectivity index (χ3v) is 4.44. The normalized spacial score (nSPS) is 10.3. The van der Waals surface area contributed by atoms with E-state index in [1.54, 1.807) is 19.9 Å². The van der Waals surface area contributed by atoms with E-state index in [1.165, 1.54) is 33.3 Å². The summed E-state index contributed by atoms with van der Waals surface area (Å²) >= 11 is 0. The molecular weight excluding hydrogens is 392 g/mol. The van der Waals surface area contributed by atoms with Crippen molar-refractivity contribution in [1.82, 2.24) is 10.3 Å². The van der Waals surface area contributed by atoms with E-state index in [9.17, 15) is 19.2 Å². The molecule has 0 saturated heterocycles. The van der Waals surface area contributed by atoms with Crippen LogP contribution in [0.5, 0.6) is 11.5 Å². The number of ether oxygens (including phenoxy) is 3. The third kappa shape index (κ3) is 5.25. The molecule has 0 spiro atoms. The maximum absolute atomic E-state index is 12.3. The Hall–Kier alpha value is -3.62. The Kier molecular flexibility index (Phi) is 7.35. The average molecular weight is 416 g/mol. The Balaban J connectivity index is 1.93. The lowest BCUT2D eigenvalue weighted by atomic mass is 10.1. The van der Waals surface area contributed by atoms with Crippen molar-refractivity contribution in [3.63, 3.8) is 0 Å². The summed E-state index contributed by atoms with van der Waals surface area (Å²) in [5.41, 5.74) is 2.00. The van der Waals surface area contributed by atoms with E-state index in [-0.39, 0.29) is 17.0 Å². The number of esters is 1. The molecule has 9 nitrogen and oxygen atoms in total. The topological polar surface area (TPSA) is 124 Å². The van der Waals surface area contributed by atoms with Gasteiger partial charge in [0, 0.05) is 22.9 Å². The SMILES string of the molecule is COc1cc(OC)cc(C(=O)NCC(=O)OCC(=O)c2[nH]c(C)c(C(C)=O)c2C)c1. The van der Waals surface area contributed by atoms with Gasteiger partial charge in [0.2, 0.25) is 5.78 Å². The largest absolute Gasteiger partial charge is 0.497 e. The number of aromatic nitrogens is 1. The predicted octanol–water partition coefficient (Wildman–Crippen LogP) is 2.01. The van der Waals surface area contributed by atoms with Crippen LogP contribution in [0.1, 0.15) is 49.4 Å². The quantitative estimate of drug-likeness (QED) is 0.473. The molecule has 2 N–H and O–H groups in total. The molecule has 9 heteroatoms. The fourth-order valence-electron chi connectivity index (χ4n) is 3.02. The number of aromatic amines is 1. The van der Waals surface area contributed by atoms with Crippen molar-refractivity contribution < 1.29 is 33.4 Å². The van der Waals surface area contributed by atoms with Crippen molar-refractivity contribution in [1.29, 1.82) is 0 Å². The number of methoxy groups -OCH3 is 2. The van der Waals surface area contributed by atoms with Gasteiger partial charge in [0.25, 0.3) is 5.91 Å². The van der Waals surface area contributed by atoms with Crippen LogP contribution in [0.3, 0.4) is 0 Å². The van der Waals surface area contributed by atoms with E-state index in [0.717, 1.165) is 0 Å². The maximum atomic E-state index is 12.3. The van der Waals surface area contributed by atoms with Crippen molar-refractivity contribution in [3.05, 3.63) is 46.3 Å². The van der Waals surface area contributed by atoms with Crippen LogP contribution in [0.2, 0.25) is 0 Å². The summed E-state index contributed by atoms with van der Waals surface area (Å²) in [6.45, 7) is 3.82. The van der Waals surface area contributed by atoms with Gasteiger partial charge in [0.1, 0.15) is 18.0 Å². The van der Waals surface area contributed by atoms with E-state index in [0.29, 0.717) is 28.3 Å². The average Bonchev–Trinajstić information content (AvgIpc) is 3.03. The molecule has 1 amide bonds. The Morgan fingerprint density at radius 3 is 2.10 bits per heavy atom. The van der Waals surface area contributed by atoms with Gasteiger partial charge >= 0.3 is 5.97 Å². The van der Waals surface area contributed by atoms with Crippen molar-refractivity contribution in [2.24, 2.45) is 0 Å².